The number of carbonyl (C=O) groups is 1. The van der Waals surface area contributed by atoms with E-state index in [4.69, 9.17) is 4.74 Å². The first-order chi connectivity index (χ1) is 10.4. The van der Waals surface area contributed by atoms with Gasteiger partial charge in [0.1, 0.15) is 5.60 Å². The fourth-order valence-electron chi connectivity index (χ4n) is 3.96. The molecule has 0 radical (unpaired) electrons. The van der Waals surface area contributed by atoms with Crippen molar-refractivity contribution in [2.45, 2.75) is 77.9 Å². The number of carbonyl (C=O) groups excluding carboxylic acids is 1. The monoisotopic (exact) mass is 310 g/mol. The number of nitrogens with zero attached hydrogens (tertiary/aromatic N) is 1. The zero-order chi connectivity index (χ0) is 16.2. The minimum atomic E-state index is -0.409. The SMILES string of the molecule is CCCCCNC[C@@H]1[C@H]2CCC[C@H]2CN1C(=O)OC(C)(C)C. The van der Waals surface area contributed by atoms with E-state index in [2.05, 4.69) is 12.2 Å². The molecule has 1 amide bonds. The summed E-state index contributed by atoms with van der Waals surface area (Å²) in [5.41, 5.74) is -0.409. The van der Waals surface area contributed by atoms with Crippen LogP contribution < -0.4 is 5.32 Å². The van der Waals surface area contributed by atoms with Gasteiger partial charge in [-0.1, -0.05) is 26.2 Å². The average Bonchev–Trinajstić information content (AvgIpc) is 2.98. The molecule has 1 aliphatic heterocycles. The second-order valence-corrected chi connectivity index (χ2v) is 7.97. The Morgan fingerprint density at radius 1 is 1.27 bits per heavy atom. The molecule has 0 aromatic rings. The van der Waals surface area contributed by atoms with E-state index in [1.54, 1.807) is 0 Å². The molecule has 0 spiro atoms. The number of likely N-dealkylation sites (tertiary alicyclic amines) is 1. The lowest BCUT2D eigenvalue weighted by molar-refractivity contribution is 0.0201. The molecular formula is C18H34N2O2. The van der Waals surface area contributed by atoms with E-state index in [0.717, 1.165) is 19.6 Å². The van der Waals surface area contributed by atoms with Crippen molar-refractivity contribution in [3.05, 3.63) is 0 Å². The molecule has 128 valence electrons. The molecule has 0 bridgehead atoms. The zero-order valence-electron chi connectivity index (χ0n) is 14.9. The molecule has 4 heteroatoms. The van der Waals surface area contributed by atoms with E-state index in [1.165, 1.54) is 38.5 Å². The fourth-order valence-corrected chi connectivity index (χ4v) is 3.96. The normalized spacial score (nSPS) is 28.0. The molecular weight excluding hydrogens is 276 g/mol. The molecule has 1 heterocycles. The van der Waals surface area contributed by atoms with Crippen LogP contribution in [0.15, 0.2) is 0 Å². The van der Waals surface area contributed by atoms with Gasteiger partial charge in [0.25, 0.3) is 0 Å². The maximum atomic E-state index is 12.5. The quantitative estimate of drug-likeness (QED) is 0.759. The van der Waals surface area contributed by atoms with Crippen molar-refractivity contribution in [1.82, 2.24) is 10.2 Å². The van der Waals surface area contributed by atoms with Crippen LogP contribution in [0, 0.1) is 11.8 Å². The Morgan fingerprint density at radius 3 is 2.73 bits per heavy atom. The first-order valence-electron chi connectivity index (χ1n) is 9.12. The molecule has 2 rings (SSSR count). The number of fused-ring (bicyclic) bond motifs is 1. The van der Waals surface area contributed by atoms with Crippen molar-refractivity contribution in [2.75, 3.05) is 19.6 Å². The number of unbranched alkanes of at least 4 members (excludes halogenated alkanes) is 2. The molecule has 1 saturated heterocycles. The molecule has 0 aromatic carbocycles. The second-order valence-electron chi connectivity index (χ2n) is 7.97. The van der Waals surface area contributed by atoms with Gasteiger partial charge in [-0.25, -0.2) is 4.79 Å². The summed E-state index contributed by atoms with van der Waals surface area (Å²) in [6.45, 7) is 10.9. The van der Waals surface area contributed by atoms with Gasteiger partial charge in [-0.2, -0.15) is 0 Å². The minimum Gasteiger partial charge on any atom is -0.444 e. The van der Waals surface area contributed by atoms with E-state index in [9.17, 15) is 4.79 Å². The third-order valence-electron chi connectivity index (χ3n) is 4.98. The molecule has 1 aliphatic carbocycles. The Hall–Kier alpha value is -0.770. The van der Waals surface area contributed by atoms with Gasteiger partial charge < -0.3 is 15.0 Å². The van der Waals surface area contributed by atoms with Crippen molar-refractivity contribution in [2.24, 2.45) is 11.8 Å². The lowest BCUT2D eigenvalue weighted by Crippen LogP contribution is -2.46. The average molecular weight is 310 g/mol. The lowest BCUT2D eigenvalue weighted by atomic mass is 9.94. The Labute approximate surface area is 136 Å². The summed E-state index contributed by atoms with van der Waals surface area (Å²) in [6, 6.07) is 0.323. The van der Waals surface area contributed by atoms with Crippen LogP contribution >= 0.6 is 0 Å². The van der Waals surface area contributed by atoms with Gasteiger partial charge >= 0.3 is 6.09 Å². The van der Waals surface area contributed by atoms with Crippen LogP contribution in [0.3, 0.4) is 0 Å². The standard InChI is InChI=1S/C18H34N2O2/c1-5-6-7-11-19-12-16-15-10-8-9-14(15)13-20(16)17(21)22-18(2,3)4/h14-16,19H,5-13H2,1-4H3/t14-,15-,16+/m0/s1. The van der Waals surface area contributed by atoms with E-state index in [-0.39, 0.29) is 6.09 Å². The lowest BCUT2D eigenvalue weighted by Gasteiger charge is -2.30. The van der Waals surface area contributed by atoms with E-state index >= 15 is 0 Å². The summed E-state index contributed by atoms with van der Waals surface area (Å²) < 4.78 is 5.62. The van der Waals surface area contributed by atoms with E-state index < -0.39 is 5.60 Å². The van der Waals surface area contributed by atoms with Crippen molar-refractivity contribution >= 4 is 6.09 Å². The molecule has 4 nitrogen and oxygen atoms in total. The number of hydrogen-bond acceptors (Lipinski definition) is 3. The fraction of sp³-hybridized carbons (Fsp3) is 0.944. The molecule has 0 unspecified atom stereocenters. The summed E-state index contributed by atoms with van der Waals surface area (Å²) in [6.07, 6.45) is 7.50. The summed E-state index contributed by atoms with van der Waals surface area (Å²) in [7, 11) is 0. The predicted molar refractivity (Wildman–Crippen MR) is 90.0 cm³/mol. The number of hydrogen-bond donors (Lipinski definition) is 1. The Balaban J connectivity index is 1.90. The van der Waals surface area contributed by atoms with Crippen LogP contribution in [-0.2, 0) is 4.74 Å². The maximum absolute atomic E-state index is 12.5. The molecule has 2 fully saturated rings. The summed E-state index contributed by atoms with van der Waals surface area (Å²) in [5, 5.41) is 3.57. The van der Waals surface area contributed by atoms with Crippen molar-refractivity contribution in [1.29, 1.82) is 0 Å². The van der Waals surface area contributed by atoms with Gasteiger partial charge in [-0.3, -0.25) is 0 Å². The zero-order valence-corrected chi connectivity index (χ0v) is 14.9. The maximum Gasteiger partial charge on any atom is 0.410 e. The number of nitrogens with one attached hydrogen (secondary N) is 1. The van der Waals surface area contributed by atoms with E-state index in [1.807, 2.05) is 25.7 Å². The Bertz CT molecular complexity index is 365. The van der Waals surface area contributed by atoms with Gasteiger partial charge in [0.15, 0.2) is 0 Å². The van der Waals surface area contributed by atoms with Crippen LogP contribution in [0.2, 0.25) is 0 Å². The number of rotatable bonds is 6. The number of ether oxygens (including phenoxy) is 1. The molecule has 1 saturated carbocycles. The number of amides is 1. The Morgan fingerprint density at radius 2 is 2.05 bits per heavy atom. The van der Waals surface area contributed by atoms with Crippen LogP contribution in [0.4, 0.5) is 4.79 Å². The highest BCUT2D eigenvalue weighted by Gasteiger charge is 2.46. The highest BCUT2D eigenvalue weighted by molar-refractivity contribution is 5.69. The highest BCUT2D eigenvalue weighted by atomic mass is 16.6. The van der Waals surface area contributed by atoms with Crippen molar-refractivity contribution < 1.29 is 9.53 Å². The molecule has 3 atom stereocenters. The third-order valence-corrected chi connectivity index (χ3v) is 4.98. The minimum absolute atomic E-state index is 0.123. The van der Waals surface area contributed by atoms with Crippen molar-refractivity contribution in [3.8, 4) is 0 Å². The molecule has 1 N–H and O–H groups in total. The Kier molecular flexibility index (Phi) is 6.13. The molecule has 0 aromatic heterocycles. The molecule has 22 heavy (non-hydrogen) atoms. The first-order valence-corrected chi connectivity index (χ1v) is 9.12. The van der Waals surface area contributed by atoms with Gasteiger partial charge in [0, 0.05) is 13.1 Å². The predicted octanol–water partition coefficient (Wildman–Crippen LogP) is 3.80. The van der Waals surface area contributed by atoms with Crippen molar-refractivity contribution in [3.63, 3.8) is 0 Å². The van der Waals surface area contributed by atoms with Gasteiger partial charge in [0.05, 0.1) is 6.04 Å². The molecule has 2 aliphatic rings. The summed E-state index contributed by atoms with van der Waals surface area (Å²) >= 11 is 0. The van der Waals surface area contributed by atoms with E-state index in [0.29, 0.717) is 17.9 Å². The van der Waals surface area contributed by atoms with Crippen LogP contribution in [0.1, 0.15) is 66.2 Å². The first kappa shape index (κ1) is 17.6. The summed E-state index contributed by atoms with van der Waals surface area (Å²) in [4.78, 5) is 14.5. The van der Waals surface area contributed by atoms with Gasteiger partial charge in [-0.15, -0.1) is 0 Å². The van der Waals surface area contributed by atoms with Crippen LogP contribution in [0.25, 0.3) is 0 Å². The topological polar surface area (TPSA) is 41.6 Å². The van der Waals surface area contributed by atoms with Crippen LogP contribution in [0.5, 0.6) is 0 Å². The van der Waals surface area contributed by atoms with Gasteiger partial charge in [0.2, 0.25) is 0 Å². The second kappa shape index (κ2) is 7.67. The summed E-state index contributed by atoms with van der Waals surface area (Å²) in [5.74, 6) is 1.36. The third kappa shape index (κ3) is 4.61. The highest BCUT2D eigenvalue weighted by Crippen LogP contribution is 2.42. The largest absolute Gasteiger partial charge is 0.444 e. The smallest absolute Gasteiger partial charge is 0.410 e. The van der Waals surface area contributed by atoms with Gasteiger partial charge in [-0.05, 0) is 58.4 Å². The van der Waals surface area contributed by atoms with Crippen LogP contribution in [-0.4, -0.2) is 42.3 Å².